The largest absolute Gasteiger partial charge is 0.126 e. The third-order valence-electron chi connectivity index (χ3n) is 4.20. The van der Waals surface area contributed by atoms with Gasteiger partial charge in [-0.05, 0) is 36.1 Å². The Balaban J connectivity index is 1.61. The van der Waals surface area contributed by atoms with Gasteiger partial charge in [-0.1, -0.05) is 63.6 Å². The summed E-state index contributed by atoms with van der Waals surface area (Å²) >= 11 is 2.03. The number of benzene rings is 1. The minimum atomic E-state index is 1.01. The average molecular weight is 262 g/mol. The molecule has 0 radical (unpaired) electrons. The van der Waals surface area contributed by atoms with E-state index in [2.05, 4.69) is 37.3 Å². The third-order valence-corrected chi connectivity index (χ3v) is 5.25. The van der Waals surface area contributed by atoms with Crippen molar-refractivity contribution in [1.29, 1.82) is 0 Å². The topological polar surface area (TPSA) is 0 Å². The van der Waals surface area contributed by atoms with Crippen LogP contribution in [-0.2, 0) is 0 Å². The highest BCUT2D eigenvalue weighted by molar-refractivity contribution is 7.99. The van der Waals surface area contributed by atoms with E-state index in [1.165, 1.54) is 55.6 Å². The molecule has 1 saturated carbocycles. The summed E-state index contributed by atoms with van der Waals surface area (Å²) in [6.07, 6.45) is 10.2. The normalized spacial score (nSPS) is 24.1. The Bertz CT molecular complexity index is 312. The van der Waals surface area contributed by atoms with Crippen LogP contribution in [0, 0.1) is 11.8 Å². The van der Waals surface area contributed by atoms with Crippen molar-refractivity contribution in [2.45, 2.75) is 56.8 Å². The lowest BCUT2D eigenvalue weighted by atomic mass is 9.79. The molecule has 1 heteroatoms. The van der Waals surface area contributed by atoms with Gasteiger partial charge in [-0.2, -0.15) is 0 Å². The molecule has 0 aliphatic heterocycles. The Morgan fingerprint density at radius 2 is 1.56 bits per heavy atom. The molecule has 0 nitrogen and oxygen atoms in total. The molecule has 1 aliphatic carbocycles. The van der Waals surface area contributed by atoms with E-state index < -0.39 is 0 Å². The highest BCUT2D eigenvalue weighted by Crippen LogP contribution is 2.34. The first kappa shape index (κ1) is 14.0. The Labute approximate surface area is 117 Å². The first-order chi connectivity index (χ1) is 8.88. The summed E-state index contributed by atoms with van der Waals surface area (Å²) < 4.78 is 0. The van der Waals surface area contributed by atoms with E-state index >= 15 is 0 Å². The lowest BCUT2D eigenvalue weighted by Gasteiger charge is -2.28. The van der Waals surface area contributed by atoms with E-state index in [1.54, 1.807) is 0 Å². The van der Waals surface area contributed by atoms with Crippen LogP contribution < -0.4 is 0 Å². The molecular weight excluding hydrogens is 236 g/mol. The fraction of sp³-hybridized carbons (Fsp3) is 0.647. The Hall–Kier alpha value is -0.430. The second-order valence-corrected chi connectivity index (χ2v) is 6.79. The molecule has 0 saturated heterocycles. The van der Waals surface area contributed by atoms with Gasteiger partial charge in [0.05, 0.1) is 0 Å². The maximum atomic E-state index is 2.32. The van der Waals surface area contributed by atoms with Gasteiger partial charge in [0, 0.05) is 4.90 Å². The fourth-order valence-corrected chi connectivity index (χ4v) is 4.11. The molecule has 18 heavy (non-hydrogen) atoms. The molecule has 0 aromatic heterocycles. The molecule has 0 N–H and O–H groups in total. The number of hydrogen-bond donors (Lipinski definition) is 0. The summed E-state index contributed by atoms with van der Waals surface area (Å²) in [5.41, 5.74) is 0. The number of thioether (sulfide) groups is 1. The van der Waals surface area contributed by atoms with Gasteiger partial charge in [0.2, 0.25) is 0 Å². The van der Waals surface area contributed by atoms with Gasteiger partial charge in [0.25, 0.3) is 0 Å². The smallest absolute Gasteiger partial charge is 0.00719 e. The molecule has 1 aromatic rings. The lowest BCUT2D eigenvalue weighted by molar-refractivity contribution is 0.258. The maximum absolute atomic E-state index is 2.32. The second kappa shape index (κ2) is 7.89. The lowest BCUT2D eigenvalue weighted by Crippen LogP contribution is -2.14. The van der Waals surface area contributed by atoms with Gasteiger partial charge in [-0.15, -0.1) is 11.8 Å². The minimum absolute atomic E-state index is 1.01. The highest BCUT2D eigenvalue weighted by atomic mass is 32.2. The Morgan fingerprint density at radius 3 is 2.17 bits per heavy atom. The molecule has 1 aliphatic rings. The molecular formula is C17H26S. The first-order valence-corrected chi connectivity index (χ1v) is 8.55. The quantitative estimate of drug-likeness (QED) is 0.586. The molecule has 0 heterocycles. The van der Waals surface area contributed by atoms with Gasteiger partial charge < -0.3 is 0 Å². The van der Waals surface area contributed by atoms with Crippen LogP contribution in [-0.4, -0.2) is 5.75 Å². The molecule has 0 bridgehead atoms. The van der Waals surface area contributed by atoms with E-state index in [4.69, 9.17) is 0 Å². The van der Waals surface area contributed by atoms with Crippen LogP contribution in [0.3, 0.4) is 0 Å². The maximum Gasteiger partial charge on any atom is 0.00719 e. The predicted molar refractivity (Wildman–Crippen MR) is 82.1 cm³/mol. The summed E-state index contributed by atoms with van der Waals surface area (Å²) in [4.78, 5) is 1.43. The standard InChI is InChI=1S/C17H26S/c1-2-6-15-9-11-16(12-10-15)13-14-18-17-7-4-3-5-8-17/h3-5,7-8,15-16H,2,6,9-14H2,1H3. The molecule has 100 valence electrons. The molecule has 0 unspecified atom stereocenters. The SMILES string of the molecule is CCCC1CCC(CCSc2ccccc2)CC1. The zero-order valence-electron chi connectivity index (χ0n) is 11.6. The van der Waals surface area contributed by atoms with Gasteiger partial charge >= 0.3 is 0 Å². The van der Waals surface area contributed by atoms with Gasteiger partial charge in [0.15, 0.2) is 0 Å². The molecule has 1 fully saturated rings. The Kier molecular flexibility index (Phi) is 6.13. The van der Waals surface area contributed by atoms with E-state index in [0.717, 1.165) is 11.8 Å². The zero-order valence-corrected chi connectivity index (χ0v) is 12.4. The average Bonchev–Trinajstić information content (AvgIpc) is 2.42. The van der Waals surface area contributed by atoms with Crippen LogP contribution in [0.4, 0.5) is 0 Å². The molecule has 0 amide bonds. The molecule has 0 spiro atoms. The van der Waals surface area contributed by atoms with Crippen molar-refractivity contribution in [2.24, 2.45) is 11.8 Å². The minimum Gasteiger partial charge on any atom is -0.126 e. The van der Waals surface area contributed by atoms with Crippen molar-refractivity contribution in [3.63, 3.8) is 0 Å². The third kappa shape index (κ3) is 4.68. The van der Waals surface area contributed by atoms with E-state index in [1.807, 2.05) is 11.8 Å². The van der Waals surface area contributed by atoms with Crippen molar-refractivity contribution in [3.8, 4) is 0 Å². The zero-order chi connectivity index (χ0) is 12.6. The summed E-state index contributed by atoms with van der Waals surface area (Å²) in [7, 11) is 0. The van der Waals surface area contributed by atoms with Crippen molar-refractivity contribution < 1.29 is 0 Å². The second-order valence-electron chi connectivity index (χ2n) is 5.63. The van der Waals surface area contributed by atoms with Crippen molar-refractivity contribution >= 4 is 11.8 Å². The summed E-state index contributed by atoms with van der Waals surface area (Å²) in [6.45, 7) is 2.32. The predicted octanol–water partition coefficient (Wildman–Crippen LogP) is 5.78. The number of hydrogen-bond acceptors (Lipinski definition) is 1. The first-order valence-electron chi connectivity index (χ1n) is 7.56. The molecule has 0 atom stereocenters. The van der Waals surface area contributed by atoms with Crippen LogP contribution in [0.1, 0.15) is 51.9 Å². The van der Waals surface area contributed by atoms with Gasteiger partial charge in [-0.25, -0.2) is 0 Å². The van der Waals surface area contributed by atoms with E-state index in [9.17, 15) is 0 Å². The summed E-state index contributed by atoms with van der Waals surface area (Å²) in [6, 6.07) is 10.8. The van der Waals surface area contributed by atoms with E-state index in [0.29, 0.717) is 0 Å². The van der Waals surface area contributed by atoms with Crippen LogP contribution in [0.15, 0.2) is 35.2 Å². The monoisotopic (exact) mass is 262 g/mol. The van der Waals surface area contributed by atoms with Crippen molar-refractivity contribution in [3.05, 3.63) is 30.3 Å². The summed E-state index contributed by atoms with van der Waals surface area (Å²) in [5.74, 6) is 3.36. The van der Waals surface area contributed by atoms with Gasteiger partial charge in [-0.3, -0.25) is 0 Å². The van der Waals surface area contributed by atoms with E-state index in [-0.39, 0.29) is 0 Å². The Morgan fingerprint density at radius 1 is 0.944 bits per heavy atom. The molecule has 1 aromatic carbocycles. The van der Waals surface area contributed by atoms with Crippen LogP contribution in [0.25, 0.3) is 0 Å². The van der Waals surface area contributed by atoms with Gasteiger partial charge in [0.1, 0.15) is 0 Å². The highest BCUT2D eigenvalue weighted by Gasteiger charge is 2.20. The fourth-order valence-electron chi connectivity index (χ4n) is 3.08. The molecule has 2 rings (SSSR count). The summed E-state index contributed by atoms with van der Waals surface area (Å²) in [5, 5.41) is 0. The number of rotatable bonds is 6. The van der Waals surface area contributed by atoms with Crippen molar-refractivity contribution in [2.75, 3.05) is 5.75 Å². The van der Waals surface area contributed by atoms with Crippen LogP contribution >= 0.6 is 11.8 Å². The van der Waals surface area contributed by atoms with Crippen molar-refractivity contribution in [1.82, 2.24) is 0 Å². The van der Waals surface area contributed by atoms with Crippen LogP contribution in [0.5, 0.6) is 0 Å². The van der Waals surface area contributed by atoms with Crippen LogP contribution in [0.2, 0.25) is 0 Å².